The summed E-state index contributed by atoms with van der Waals surface area (Å²) in [6.07, 6.45) is 0.970. The standard InChI is InChI=1S/C14H8O3.C8H18N2O.CH4O4S/c15-11-7-3-6-10-12(11)14(17)9-5-2-1-4-8(9)13(10)16;1-3-7(9)8(2)6-10-4-5-11-8;1-5-6(2,3)4/h1-7,15H;7,10H,3-6,9H2,1-2H3;1H3,(H,2,3,4). The first-order chi connectivity index (χ1) is 15.9. The number of carbonyl (C=O) groups excluding carboxylic acids is 2. The van der Waals surface area contributed by atoms with Crippen LogP contribution in [0, 0.1) is 0 Å². The van der Waals surface area contributed by atoms with Gasteiger partial charge in [0.1, 0.15) is 5.75 Å². The maximum Gasteiger partial charge on any atom is 0.397 e. The zero-order valence-corrected chi connectivity index (χ0v) is 20.1. The van der Waals surface area contributed by atoms with E-state index < -0.39 is 10.4 Å². The number of carbonyl (C=O) groups is 2. The van der Waals surface area contributed by atoms with Gasteiger partial charge in [-0.05, 0) is 19.4 Å². The van der Waals surface area contributed by atoms with Gasteiger partial charge < -0.3 is 20.9 Å². The molecule has 2 aliphatic rings. The number of phenols is 1. The Labute approximate surface area is 199 Å². The van der Waals surface area contributed by atoms with Crippen LogP contribution in [0.25, 0.3) is 0 Å². The van der Waals surface area contributed by atoms with Gasteiger partial charge >= 0.3 is 10.4 Å². The van der Waals surface area contributed by atoms with Gasteiger partial charge in [-0.2, -0.15) is 8.42 Å². The van der Waals surface area contributed by atoms with Crippen LogP contribution < -0.4 is 11.1 Å². The van der Waals surface area contributed by atoms with Crippen LogP contribution in [0.3, 0.4) is 0 Å². The molecular weight excluding hydrogens is 464 g/mol. The van der Waals surface area contributed by atoms with E-state index in [1.54, 1.807) is 36.4 Å². The third-order valence-electron chi connectivity index (χ3n) is 5.55. The number of phenolic OH excluding ortho intramolecular Hbond substituents is 1. The lowest BCUT2D eigenvalue weighted by atomic mass is 9.84. The molecule has 0 amide bonds. The first-order valence-electron chi connectivity index (χ1n) is 10.6. The Hall–Kier alpha value is -2.67. The van der Waals surface area contributed by atoms with E-state index in [-0.39, 0.29) is 40.1 Å². The summed E-state index contributed by atoms with van der Waals surface area (Å²) >= 11 is 0. The summed E-state index contributed by atoms with van der Waals surface area (Å²) in [5, 5.41) is 13.0. The number of ether oxygens (including phenoxy) is 1. The predicted octanol–water partition coefficient (Wildman–Crippen LogP) is 1.71. The fourth-order valence-corrected chi connectivity index (χ4v) is 3.54. The second-order valence-electron chi connectivity index (χ2n) is 7.85. The second-order valence-corrected chi connectivity index (χ2v) is 9.04. The molecule has 0 saturated carbocycles. The molecular formula is C23H30N2O8S. The van der Waals surface area contributed by atoms with Crippen molar-refractivity contribution in [1.82, 2.24) is 5.32 Å². The molecule has 11 heteroatoms. The lowest BCUT2D eigenvalue weighted by molar-refractivity contribution is -0.0693. The van der Waals surface area contributed by atoms with Crippen LogP contribution in [0.15, 0.2) is 42.5 Å². The van der Waals surface area contributed by atoms with Gasteiger partial charge in [-0.25, -0.2) is 0 Å². The molecule has 2 aromatic carbocycles. The lowest BCUT2D eigenvalue weighted by Gasteiger charge is -2.38. The van der Waals surface area contributed by atoms with Gasteiger partial charge in [0, 0.05) is 35.8 Å². The summed E-state index contributed by atoms with van der Waals surface area (Å²) in [5.41, 5.74) is 6.90. The van der Waals surface area contributed by atoms with E-state index >= 15 is 0 Å². The molecule has 1 aliphatic heterocycles. The topological polar surface area (TPSA) is 165 Å². The van der Waals surface area contributed by atoms with E-state index in [1.807, 2.05) is 0 Å². The van der Waals surface area contributed by atoms with Gasteiger partial charge in [0.25, 0.3) is 0 Å². The van der Waals surface area contributed by atoms with E-state index in [1.165, 1.54) is 6.07 Å². The first kappa shape index (κ1) is 27.6. The monoisotopic (exact) mass is 494 g/mol. The summed E-state index contributed by atoms with van der Waals surface area (Å²) < 4.78 is 35.3. The van der Waals surface area contributed by atoms with E-state index in [0.29, 0.717) is 11.1 Å². The Bertz CT molecular complexity index is 1130. The van der Waals surface area contributed by atoms with Gasteiger partial charge in [-0.1, -0.05) is 43.3 Å². The molecule has 34 heavy (non-hydrogen) atoms. The maximum atomic E-state index is 12.2. The number of nitrogens with two attached hydrogens (primary N) is 1. The number of hydrogen-bond donors (Lipinski definition) is 4. The van der Waals surface area contributed by atoms with Crippen molar-refractivity contribution in [1.29, 1.82) is 0 Å². The summed E-state index contributed by atoms with van der Waals surface area (Å²) in [4.78, 5) is 24.3. The molecule has 186 valence electrons. The number of morpholine rings is 1. The maximum absolute atomic E-state index is 12.2. The first-order valence-corrected chi connectivity index (χ1v) is 12.0. The molecule has 1 fully saturated rings. The highest BCUT2D eigenvalue weighted by atomic mass is 32.3. The fraction of sp³-hybridized carbons (Fsp3) is 0.391. The summed E-state index contributed by atoms with van der Waals surface area (Å²) in [5.74, 6) is -0.658. The van der Waals surface area contributed by atoms with Crippen molar-refractivity contribution in [2.24, 2.45) is 5.73 Å². The van der Waals surface area contributed by atoms with E-state index in [2.05, 4.69) is 23.3 Å². The van der Waals surface area contributed by atoms with E-state index in [4.69, 9.17) is 15.0 Å². The summed E-state index contributed by atoms with van der Waals surface area (Å²) in [6, 6.07) is 11.3. The molecule has 2 unspecified atom stereocenters. The molecule has 0 bridgehead atoms. The molecule has 5 N–H and O–H groups in total. The number of rotatable bonds is 3. The minimum Gasteiger partial charge on any atom is -0.507 e. The Balaban J connectivity index is 0.000000207. The highest BCUT2D eigenvalue weighted by Gasteiger charge is 2.33. The number of aromatic hydroxyl groups is 1. The number of benzene rings is 2. The number of ketones is 2. The summed E-state index contributed by atoms with van der Waals surface area (Å²) in [7, 11) is -3.29. The van der Waals surface area contributed by atoms with Gasteiger partial charge in [0.05, 0.1) is 24.9 Å². The Morgan fingerprint density at radius 3 is 2.18 bits per heavy atom. The van der Waals surface area contributed by atoms with Crippen LogP contribution in [-0.2, 0) is 19.3 Å². The van der Waals surface area contributed by atoms with Gasteiger partial charge in [0.15, 0.2) is 11.6 Å². The number of hydrogen-bond acceptors (Lipinski definition) is 9. The molecule has 1 aliphatic carbocycles. The molecule has 0 aromatic heterocycles. The zero-order chi connectivity index (χ0) is 25.5. The zero-order valence-electron chi connectivity index (χ0n) is 19.3. The van der Waals surface area contributed by atoms with Crippen molar-refractivity contribution >= 4 is 22.0 Å². The Kier molecular flexibility index (Phi) is 9.45. The van der Waals surface area contributed by atoms with Crippen molar-refractivity contribution in [3.05, 3.63) is 64.7 Å². The quantitative estimate of drug-likeness (QED) is 0.394. The average Bonchev–Trinajstić information content (AvgIpc) is 2.82. The minimum atomic E-state index is -4.16. The number of nitrogens with one attached hydrogen (secondary N) is 1. The predicted molar refractivity (Wildman–Crippen MR) is 125 cm³/mol. The largest absolute Gasteiger partial charge is 0.507 e. The van der Waals surface area contributed by atoms with Gasteiger partial charge in [-0.3, -0.25) is 18.3 Å². The SMILES string of the molecule is CCC(N)C1(C)CNCCO1.COS(=O)(=O)O.O=C1c2ccccc2C(=O)c2c(O)cccc21. The molecule has 2 aromatic rings. The number of fused-ring (bicyclic) bond motifs is 2. The van der Waals surface area contributed by atoms with Crippen LogP contribution in [0.2, 0.25) is 0 Å². The average molecular weight is 495 g/mol. The van der Waals surface area contributed by atoms with Gasteiger partial charge in [-0.15, -0.1) is 0 Å². The third kappa shape index (κ3) is 6.69. The van der Waals surface area contributed by atoms with Crippen LogP contribution >= 0.6 is 0 Å². The van der Waals surface area contributed by atoms with Crippen LogP contribution in [0.1, 0.15) is 52.1 Å². The highest BCUT2D eigenvalue weighted by molar-refractivity contribution is 7.80. The molecule has 0 spiro atoms. The molecule has 0 radical (unpaired) electrons. The van der Waals surface area contributed by atoms with Crippen molar-refractivity contribution in [2.45, 2.75) is 31.9 Å². The fourth-order valence-electron chi connectivity index (χ4n) is 3.54. The normalized spacial score (nSPS) is 20.0. The van der Waals surface area contributed by atoms with Crippen molar-refractivity contribution < 1.29 is 36.6 Å². The molecule has 2 atom stereocenters. The second kappa shape index (κ2) is 11.6. The molecule has 10 nitrogen and oxygen atoms in total. The van der Waals surface area contributed by atoms with Gasteiger partial charge in [0.2, 0.25) is 0 Å². The molecule has 1 saturated heterocycles. The highest BCUT2D eigenvalue weighted by Crippen LogP contribution is 2.32. The Morgan fingerprint density at radius 2 is 1.68 bits per heavy atom. The van der Waals surface area contributed by atoms with Crippen molar-refractivity contribution in [3.63, 3.8) is 0 Å². The Morgan fingerprint density at radius 1 is 1.12 bits per heavy atom. The lowest BCUT2D eigenvalue weighted by Crippen LogP contribution is -2.57. The van der Waals surface area contributed by atoms with Crippen LogP contribution in [-0.4, -0.2) is 68.1 Å². The minimum absolute atomic E-state index is 0.108. The molecule has 4 rings (SSSR count). The van der Waals surface area contributed by atoms with E-state index in [9.17, 15) is 23.1 Å². The van der Waals surface area contributed by atoms with Crippen molar-refractivity contribution in [2.75, 3.05) is 26.8 Å². The van der Waals surface area contributed by atoms with E-state index in [0.717, 1.165) is 33.2 Å². The smallest absolute Gasteiger partial charge is 0.397 e. The third-order valence-corrected chi connectivity index (χ3v) is 5.97. The van der Waals surface area contributed by atoms with Crippen LogP contribution in [0.4, 0.5) is 0 Å². The van der Waals surface area contributed by atoms with Crippen molar-refractivity contribution in [3.8, 4) is 5.75 Å². The van der Waals surface area contributed by atoms with Crippen LogP contribution in [0.5, 0.6) is 5.75 Å². The molecule has 1 heterocycles. The summed E-state index contributed by atoms with van der Waals surface area (Å²) in [6.45, 7) is 6.78.